The van der Waals surface area contributed by atoms with Crippen molar-refractivity contribution in [3.63, 3.8) is 0 Å². The third kappa shape index (κ3) is 4.97. The van der Waals surface area contributed by atoms with Gasteiger partial charge in [-0.1, -0.05) is 0 Å². The first-order valence-electron chi connectivity index (χ1n) is 8.07. The predicted octanol–water partition coefficient (Wildman–Crippen LogP) is 2.01. The van der Waals surface area contributed by atoms with Crippen LogP contribution in [0.4, 0.5) is 5.82 Å². The van der Waals surface area contributed by atoms with Gasteiger partial charge in [0, 0.05) is 26.8 Å². The van der Waals surface area contributed by atoms with E-state index in [0.29, 0.717) is 19.0 Å². The Bertz CT molecular complexity index is 673. The SMILES string of the molecule is CCNC(=NCc1ccnc(N(C)C)c1)NCc1nc(C)c(C)o1. The Labute approximate surface area is 143 Å². The van der Waals surface area contributed by atoms with Gasteiger partial charge in [0.2, 0.25) is 5.89 Å². The first-order valence-corrected chi connectivity index (χ1v) is 8.07. The van der Waals surface area contributed by atoms with Gasteiger partial charge in [-0.2, -0.15) is 0 Å². The Hall–Kier alpha value is -2.57. The minimum Gasteiger partial charge on any atom is -0.444 e. The van der Waals surface area contributed by atoms with Crippen LogP contribution in [0, 0.1) is 13.8 Å². The van der Waals surface area contributed by atoms with E-state index < -0.39 is 0 Å². The van der Waals surface area contributed by atoms with Crippen LogP contribution in [0.5, 0.6) is 0 Å². The van der Waals surface area contributed by atoms with Gasteiger partial charge < -0.3 is 20.0 Å². The highest BCUT2D eigenvalue weighted by Crippen LogP contribution is 2.10. The maximum atomic E-state index is 5.58. The van der Waals surface area contributed by atoms with Gasteiger partial charge in [-0.25, -0.2) is 15.0 Å². The monoisotopic (exact) mass is 330 g/mol. The highest BCUT2D eigenvalue weighted by atomic mass is 16.4. The predicted molar refractivity (Wildman–Crippen MR) is 96.2 cm³/mol. The highest BCUT2D eigenvalue weighted by Gasteiger charge is 2.06. The van der Waals surface area contributed by atoms with E-state index in [9.17, 15) is 0 Å². The van der Waals surface area contributed by atoms with Gasteiger partial charge in [-0.3, -0.25) is 0 Å². The van der Waals surface area contributed by atoms with Crippen LogP contribution in [0.15, 0.2) is 27.7 Å². The number of guanidine groups is 1. The third-order valence-electron chi connectivity index (χ3n) is 3.51. The molecule has 7 heteroatoms. The number of pyridine rings is 1. The van der Waals surface area contributed by atoms with Crippen molar-refractivity contribution in [3.05, 3.63) is 41.2 Å². The topological polar surface area (TPSA) is 78.6 Å². The summed E-state index contributed by atoms with van der Waals surface area (Å²) in [7, 11) is 3.95. The molecule has 2 rings (SSSR count). The lowest BCUT2D eigenvalue weighted by Crippen LogP contribution is -2.36. The molecule has 0 fully saturated rings. The molecule has 2 heterocycles. The van der Waals surface area contributed by atoms with Crippen LogP contribution in [0.25, 0.3) is 0 Å². The number of aromatic nitrogens is 2. The normalized spacial score (nSPS) is 11.5. The number of oxazole rings is 1. The maximum Gasteiger partial charge on any atom is 0.214 e. The number of nitrogens with one attached hydrogen (secondary N) is 2. The van der Waals surface area contributed by atoms with E-state index in [0.717, 1.165) is 35.3 Å². The van der Waals surface area contributed by atoms with Gasteiger partial charge in [0.1, 0.15) is 11.6 Å². The van der Waals surface area contributed by atoms with Crippen molar-refractivity contribution in [2.45, 2.75) is 33.9 Å². The molecule has 0 saturated carbocycles. The molecular weight excluding hydrogens is 304 g/mol. The van der Waals surface area contributed by atoms with E-state index in [-0.39, 0.29) is 0 Å². The average molecular weight is 330 g/mol. The maximum absolute atomic E-state index is 5.58. The first kappa shape index (κ1) is 17.8. The summed E-state index contributed by atoms with van der Waals surface area (Å²) in [4.78, 5) is 15.3. The van der Waals surface area contributed by atoms with Crippen molar-refractivity contribution in [3.8, 4) is 0 Å². The molecule has 2 N–H and O–H groups in total. The molecule has 0 aliphatic rings. The Morgan fingerprint density at radius 2 is 2.08 bits per heavy atom. The quantitative estimate of drug-likeness (QED) is 0.623. The largest absolute Gasteiger partial charge is 0.444 e. The molecule has 0 amide bonds. The number of aryl methyl sites for hydroxylation is 2. The minimum absolute atomic E-state index is 0.500. The summed E-state index contributed by atoms with van der Waals surface area (Å²) in [5, 5.41) is 6.47. The molecule has 24 heavy (non-hydrogen) atoms. The summed E-state index contributed by atoms with van der Waals surface area (Å²) in [5.74, 6) is 3.16. The lowest BCUT2D eigenvalue weighted by molar-refractivity contribution is 0.463. The van der Waals surface area contributed by atoms with E-state index in [1.54, 1.807) is 6.20 Å². The number of aliphatic imine (C=N–C) groups is 1. The van der Waals surface area contributed by atoms with Crippen LogP contribution in [0.2, 0.25) is 0 Å². The molecule has 0 radical (unpaired) electrons. The van der Waals surface area contributed by atoms with Crippen molar-refractivity contribution >= 4 is 11.8 Å². The van der Waals surface area contributed by atoms with Crippen LogP contribution in [-0.4, -0.2) is 36.6 Å². The van der Waals surface area contributed by atoms with Crippen LogP contribution in [-0.2, 0) is 13.1 Å². The summed E-state index contributed by atoms with van der Waals surface area (Å²) < 4.78 is 5.58. The van der Waals surface area contributed by atoms with E-state index in [2.05, 4.69) is 25.6 Å². The fourth-order valence-corrected chi connectivity index (χ4v) is 2.09. The molecule has 2 aromatic heterocycles. The molecule has 130 valence electrons. The molecule has 7 nitrogen and oxygen atoms in total. The number of hydrogen-bond acceptors (Lipinski definition) is 5. The van der Waals surface area contributed by atoms with Crippen molar-refractivity contribution in [1.82, 2.24) is 20.6 Å². The molecule has 0 aliphatic carbocycles. The number of anilines is 1. The molecule has 0 aliphatic heterocycles. The average Bonchev–Trinajstić information content (AvgIpc) is 2.88. The molecule has 0 unspecified atom stereocenters. The summed E-state index contributed by atoms with van der Waals surface area (Å²) >= 11 is 0. The zero-order valence-corrected chi connectivity index (χ0v) is 15.1. The van der Waals surface area contributed by atoms with Gasteiger partial charge in [-0.15, -0.1) is 0 Å². The summed E-state index contributed by atoms with van der Waals surface area (Å²) in [5.41, 5.74) is 2.02. The molecule has 0 aromatic carbocycles. The van der Waals surface area contributed by atoms with Crippen LogP contribution >= 0.6 is 0 Å². The summed E-state index contributed by atoms with van der Waals surface area (Å²) in [6, 6.07) is 4.01. The van der Waals surface area contributed by atoms with E-state index in [1.807, 2.05) is 51.9 Å². The van der Waals surface area contributed by atoms with Crippen LogP contribution in [0.3, 0.4) is 0 Å². The lowest BCUT2D eigenvalue weighted by Gasteiger charge is -2.12. The van der Waals surface area contributed by atoms with Crippen molar-refractivity contribution in [1.29, 1.82) is 0 Å². The standard InChI is InChI=1S/C17H26N6O/c1-6-18-17(21-11-16-22-12(2)13(3)24-16)20-10-14-7-8-19-15(9-14)23(4)5/h7-9H,6,10-11H2,1-5H3,(H2,18,20,21). The zero-order valence-electron chi connectivity index (χ0n) is 15.1. The van der Waals surface area contributed by atoms with Gasteiger partial charge in [0.15, 0.2) is 5.96 Å². The molecule has 0 spiro atoms. The summed E-state index contributed by atoms with van der Waals surface area (Å²) in [6.07, 6.45) is 1.80. The van der Waals surface area contributed by atoms with Gasteiger partial charge >= 0.3 is 0 Å². The van der Waals surface area contributed by atoms with E-state index >= 15 is 0 Å². The van der Waals surface area contributed by atoms with Crippen molar-refractivity contribution < 1.29 is 4.42 Å². The number of nitrogens with zero attached hydrogens (tertiary/aromatic N) is 4. The van der Waals surface area contributed by atoms with Crippen molar-refractivity contribution in [2.24, 2.45) is 4.99 Å². The second-order valence-corrected chi connectivity index (χ2v) is 5.71. The second-order valence-electron chi connectivity index (χ2n) is 5.71. The Balaban J connectivity index is 2.00. The Kier molecular flexibility index (Phi) is 6.17. The van der Waals surface area contributed by atoms with Crippen LogP contribution in [0.1, 0.15) is 29.8 Å². The van der Waals surface area contributed by atoms with E-state index in [1.165, 1.54) is 0 Å². The molecule has 0 bridgehead atoms. The van der Waals surface area contributed by atoms with Gasteiger partial charge in [-0.05, 0) is 38.5 Å². The number of hydrogen-bond donors (Lipinski definition) is 2. The Morgan fingerprint density at radius 3 is 2.71 bits per heavy atom. The van der Waals surface area contributed by atoms with Gasteiger partial charge in [0.25, 0.3) is 0 Å². The van der Waals surface area contributed by atoms with E-state index in [4.69, 9.17) is 4.42 Å². The Morgan fingerprint density at radius 1 is 1.29 bits per heavy atom. The third-order valence-corrected chi connectivity index (χ3v) is 3.51. The summed E-state index contributed by atoms with van der Waals surface area (Å²) in [6.45, 7) is 7.74. The molecule has 0 saturated heterocycles. The fourth-order valence-electron chi connectivity index (χ4n) is 2.09. The highest BCUT2D eigenvalue weighted by molar-refractivity contribution is 5.79. The zero-order chi connectivity index (χ0) is 17.5. The molecular formula is C17H26N6O. The number of rotatable bonds is 6. The lowest BCUT2D eigenvalue weighted by atomic mass is 10.2. The fraction of sp³-hybridized carbons (Fsp3) is 0.471. The molecule has 2 aromatic rings. The minimum atomic E-state index is 0.500. The molecule has 0 atom stereocenters. The van der Waals surface area contributed by atoms with Crippen molar-refractivity contribution in [2.75, 3.05) is 25.5 Å². The second kappa shape index (κ2) is 8.33. The van der Waals surface area contributed by atoms with Gasteiger partial charge in [0.05, 0.1) is 18.8 Å². The van der Waals surface area contributed by atoms with Crippen LogP contribution < -0.4 is 15.5 Å². The smallest absolute Gasteiger partial charge is 0.214 e. The first-order chi connectivity index (χ1) is 11.5.